The van der Waals surface area contributed by atoms with Crippen LogP contribution in [0.15, 0.2) is 29.6 Å². The summed E-state index contributed by atoms with van der Waals surface area (Å²) >= 11 is 0. The number of nitrogens with one attached hydrogen (secondary N) is 1. The predicted molar refractivity (Wildman–Crippen MR) is 111 cm³/mol. The molecule has 0 saturated carbocycles. The highest BCUT2D eigenvalue weighted by Gasteiger charge is 2.26. The zero-order valence-corrected chi connectivity index (χ0v) is 17.5. The summed E-state index contributed by atoms with van der Waals surface area (Å²) in [5, 5.41) is 5.09. The van der Waals surface area contributed by atoms with Crippen molar-refractivity contribution >= 4 is 33.6 Å². The van der Waals surface area contributed by atoms with Crippen molar-refractivity contribution in [2.75, 3.05) is 43.9 Å². The quantitative estimate of drug-likeness (QED) is 0.699. The van der Waals surface area contributed by atoms with Crippen molar-refractivity contribution in [1.29, 1.82) is 0 Å². The molecule has 154 valence electrons. The lowest BCUT2D eigenvalue weighted by molar-refractivity contribution is 0.105. The Morgan fingerprint density at radius 3 is 2.69 bits per heavy atom. The van der Waals surface area contributed by atoms with Crippen molar-refractivity contribution in [2.24, 2.45) is 7.05 Å². The Balaban J connectivity index is 1.72. The van der Waals surface area contributed by atoms with E-state index in [9.17, 15) is 9.00 Å². The lowest BCUT2D eigenvalue weighted by Gasteiger charge is -2.35. The van der Waals surface area contributed by atoms with E-state index in [0.29, 0.717) is 38.4 Å². The number of nitrogens with zero attached hydrogens (tertiary/aromatic N) is 5. The number of hydrogen-bond donors (Lipinski definition) is 1. The molecule has 0 bridgehead atoms. The molecule has 0 spiro atoms. The summed E-state index contributed by atoms with van der Waals surface area (Å²) in [6.45, 7) is 4.67. The molecule has 1 saturated heterocycles. The molecule has 0 aliphatic carbocycles. The van der Waals surface area contributed by atoms with E-state index in [1.54, 1.807) is 35.2 Å². The lowest BCUT2D eigenvalue weighted by atomic mass is 10.2. The maximum atomic E-state index is 12.7. The van der Waals surface area contributed by atoms with Crippen molar-refractivity contribution in [1.82, 2.24) is 24.6 Å². The number of H-pyrrole nitrogens is 1. The molecule has 1 unspecified atom stereocenters. The fourth-order valence-electron chi connectivity index (χ4n) is 3.72. The first kappa shape index (κ1) is 19.4. The second kappa shape index (κ2) is 7.86. The molecular weight excluding hydrogens is 392 g/mol. The highest BCUT2D eigenvalue weighted by molar-refractivity contribution is 7.84. The van der Waals surface area contributed by atoms with E-state index in [1.165, 1.54) is 0 Å². The van der Waals surface area contributed by atoms with Crippen LogP contribution in [0, 0.1) is 0 Å². The van der Waals surface area contributed by atoms with Crippen LogP contribution in [0.4, 0.5) is 10.5 Å². The van der Waals surface area contributed by atoms with Gasteiger partial charge in [0.1, 0.15) is 5.65 Å². The van der Waals surface area contributed by atoms with Gasteiger partial charge in [0.15, 0.2) is 0 Å². The molecule has 4 rings (SSSR count). The molecule has 4 heterocycles. The van der Waals surface area contributed by atoms with Crippen LogP contribution in [0.25, 0.3) is 22.3 Å². The summed E-state index contributed by atoms with van der Waals surface area (Å²) in [5.74, 6) is 0. The summed E-state index contributed by atoms with van der Waals surface area (Å²) < 4.78 is 19.5. The number of carbonyl (C=O) groups is 1. The topological polar surface area (TPSA) is 96.3 Å². The van der Waals surface area contributed by atoms with E-state index in [-0.39, 0.29) is 6.09 Å². The van der Waals surface area contributed by atoms with Crippen LogP contribution in [-0.2, 0) is 22.6 Å². The number of hydrogen-bond acceptors (Lipinski definition) is 6. The van der Waals surface area contributed by atoms with Crippen molar-refractivity contribution in [3.05, 3.63) is 24.7 Å². The number of amides is 1. The third-order valence-electron chi connectivity index (χ3n) is 5.05. The number of piperazine rings is 1. The van der Waals surface area contributed by atoms with Gasteiger partial charge in [0.2, 0.25) is 0 Å². The number of pyridine rings is 1. The van der Waals surface area contributed by atoms with Crippen LogP contribution in [0.5, 0.6) is 0 Å². The van der Waals surface area contributed by atoms with Crippen LogP contribution in [0.2, 0.25) is 0 Å². The smallest absolute Gasteiger partial charge is 0.409 e. The molecule has 1 aliphatic rings. The molecular formula is C19H24N6O3S. The molecule has 1 aliphatic heterocycles. The van der Waals surface area contributed by atoms with Gasteiger partial charge in [-0.1, -0.05) is 0 Å². The number of carbonyl (C=O) groups excluding carboxylic acids is 1. The molecule has 3 aromatic rings. The predicted octanol–water partition coefficient (Wildman–Crippen LogP) is 1.98. The largest absolute Gasteiger partial charge is 0.450 e. The summed E-state index contributed by atoms with van der Waals surface area (Å²) in [5.41, 5.74) is 3.31. The van der Waals surface area contributed by atoms with E-state index >= 15 is 0 Å². The summed E-state index contributed by atoms with van der Waals surface area (Å²) in [4.78, 5) is 24.4. The molecule has 1 atom stereocenters. The highest BCUT2D eigenvalue weighted by atomic mass is 32.2. The van der Waals surface area contributed by atoms with Crippen molar-refractivity contribution < 1.29 is 13.7 Å². The molecule has 10 heteroatoms. The van der Waals surface area contributed by atoms with E-state index in [2.05, 4.69) is 20.0 Å². The number of aryl methyl sites for hydroxylation is 1. The number of anilines is 1. The van der Waals surface area contributed by atoms with E-state index in [4.69, 9.17) is 4.74 Å². The molecule has 0 radical (unpaired) electrons. The molecule has 29 heavy (non-hydrogen) atoms. The molecule has 1 N–H and O–H groups in total. The molecule has 0 aromatic carbocycles. The van der Waals surface area contributed by atoms with Gasteiger partial charge in [-0.15, -0.1) is 0 Å². The van der Waals surface area contributed by atoms with Gasteiger partial charge in [0.05, 0.1) is 45.3 Å². The third-order valence-corrected chi connectivity index (χ3v) is 6.04. The summed E-state index contributed by atoms with van der Waals surface area (Å²) in [6, 6.07) is 1.94. The van der Waals surface area contributed by atoms with Crippen molar-refractivity contribution in [3.8, 4) is 11.3 Å². The first-order chi connectivity index (χ1) is 14.0. The minimum atomic E-state index is -1.23. The Hall–Kier alpha value is -2.88. The van der Waals surface area contributed by atoms with Crippen LogP contribution in [0.1, 0.15) is 6.92 Å². The van der Waals surface area contributed by atoms with Gasteiger partial charge in [-0.05, 0) is 13.0 Å². The minimum absolute atomic E-state index is 0.275. The van der Waals surface area contributed by atoms with Gasteiger partial charge >= 0.3 is 6.09 Å². The number of aromatic nitrogens is 4. The molecule has 9 nitrogen and oxygen atoms in total. The van der Waals surface area contributed by atoms with Crippen LogP contribution >= 0.6 is 0 Å². The first-order valence-electron chi connectivity index (χ1n) is 9.49. The maximum absolute atomic E-state index is 12.7. The van der Waals surface area contributed by atoms with Gasteiger partial charge in [-0.25, -0.2) is 9.78 Å². The first-order valence-corrected chi connectivity index (χ1v) is 11.0. The van der Waals surface area contributed by atoms with Gasteiger partial charge < -0.3 is 19.5 Å². The van der Waals surface area contributed by atoms with Crippen molar-refractivity contribution in [3.63, 3.8) is 0 Å². The molecule has 1 fully saturated rings. The number of aromatic amines is 1. The fourth-order valence-corrected chi connectivity index (χ4v) is 4.66. The molecule has 3 aromatic heterocycles. The summed E-state index contributed by atoms with van der Waals surface area (Å²) in [7, 11) is 0.622. The van der Waals surface area contributed by atoms with Crippen LogP contribution in [-0.4, -0.2) is 74.0 Å². The highest BCUT2D eigenvalue weighted by Crippen LogP contribution is 2.37. The zero-order chi connectivity index (χ0) is 20.5. The van der Waals surface area contributed by atoms with Gasteiger partial charge in [-0.3, -0.25) is 8.89 Å². The maximum Gasteiger partial charge on any atom is 0.409 e. The summed E-state index contributed by atoms with van der Waals surface area (Å²) in [6.07, 6.45) is 6.79. The average Bonchev–Trinajstić information content (AvgIpc) is 3.31. The lowest BCUT2D eigenvalue weighted by Crippen LogP contribution is -2.49. The monoisotopic (exact) mass is 416 g/mol. The van der Waals surface area contributed by atoms with E-state index in [1.807, 2.05) is 19.3 Å². The second-order valence-corrected chi connectivity index (χ2v) is 8.23. The van der Waals surface area contributed by atoms with Crippen molar-refractivity contribution in [2.45, 2.75) is 11.8 Å². The van der Waals surface area contributed by atoms with E-state index < -0.39 is 10.8 Å². The normalized spacial score (nSPS) is 15.7. The average molecular weight is 417 g/mol. The number of rotatable bonds is 4. The standard InChI is InChI=1S/C19H24N6O3S/c1-4-28-19(26)25-9-7-24(8-10-25)14-5-6-20-18-15(14)17(29(3)27)16(22-18)13-11-21-23(2)12-13/h5-6,11-12H,4,7-10H2,1-3H3,(H,20,22). The Bertz CT molecular complexity index is 1070. The zero-order valence-electron chi connectivity index (χ0n) is 16.7. The van der Waals surface area contributed by atoms with Crippen LogP contribution in [0.3, 0.4) is 0 Å². The number of ether oxygens (including phenoxy) is 1. The number of fused-ring (bicyclic) bond motifs is 1. The van der Waals surface area contributed by atoms with Gasteiger partial charge in [0.25, 0.3) is 0 Å². The van der Waals surface area contributed by atoms with Crippen LogP contribution < -0.4 is 4.90 Å². The Morgan fingerprint density at radius 1 is 1.31 bits per heavy atom. The van der Waals surface area contributed by atoms with Gasteiger partial charge in [0, 0.05) is 57.4 Å². The SMILES string of the molecule is CCOC(=O)N1CCN(c2ccnc3[nH]c(-c4cnn(C)c4)c(S(C)=O)c23)CC1. The third kappa shape index (κ3) is 3.59. The fraction of sp³-hybridized carbons (Fsp3) is 0.421. The van der Waals surface area contributed by atoms with Gasteiger partial charge in [-0.2, -0.15) is 5.10 Å². The Labute approximate surface area is 171 Å². The Kier molecular flexibility index (Phi) is 5.27. The minimum Gasteiger partial charge on any atom is -0.450 e. The second-order valence-electron chi connectivity index (χ2n) is 6.91. The Morgan fingerprint density at radius 2 is 2.07 bits per heavy atom. The molecule has 1 amide bonds. The van der Waals surface area contributed by atoms with E-state index in [0.717, 1.165) is 27.2 Å².